The summed E-state index contributed by atoms with van der Waals surface area (Å²) in [5.74, 6) is -3.76. The first-order valence-electron chi connectivity index (χ1n) is 3.95. The average Bonchev–Trinajstić information content (AvgIpc) is 2.67. The van der Waals surface area contributed by atoms with Crippen LogP contribution >= 0.6 is 12.4 Å². The second-order valence-electron chi connectivity index (χ2n) is 2.72. The molecule has 86 valence electrons. The number of halogens is 3. The smallest absolute Gasteiger partial charge is 0.287 e. The van der Waals surface area contributed by atoms with Crippen molar-refractivity contribution in [2.75, 3.05) is 13.1 Å². The van der Waals surface area contributed by atoms with Crippen molar-refractivity contribution >= 4 is 18.3 Å². The molecule has 0 aliphatic carbocycles. The van der Waals surface area contributed by atoms with Crippen molar-refractivity contribution in [3.63, 3.8) is 0 Å². The lowest BCUT2D eigenvalue weighted by Crippen LogP contribution is -2.41. The Morgan fingerprint density at radius 1 is 1.60 bits per heavy atom. The first kappa shape index (κ1) is 13.9. The van der Waals surface area contributed by atoms with E-state index in [1.165, 1.54) is 18.4 Å². The Bertz CT molecular complexity index is 304. The Morgan fingerprint density at radius 2 is 2.27 bits per heavy atom. The van der Waals surface area contributed by atoms with E-state index in [-0.39, 0.29) is 18.2 Å². The van der Waals surface area contributed by atoms with Crippen molar-refractivity contribution in [3.8, 4) is 0 Å². The zero-order valence-electron chi connectivity index (χ0n) is 7.70. The average molecular weight is 241 g/mol. The molecule has 7 heteroatoms. The van der Waals surface area contributed by atoms with Crippen LogP contribution in [0.25, 0.3) is 0 Å². The van der Waals surface area contributed by atoms with Crippen molar-refractivity contribution in [1.82, 2.24) is 5.32 Å². The van der Waals surface area contributed by atoms with Crippen LogP contribution in [0.5, 0.6) is 0 Å². The first-order valence-corrected chi connectivity index (χ1v) is 3.95. The molecule has 15 heavy (non-hydrogen) atoms. The lowest BCUT2D eigenvalue weighted by atomic mass is 10.3. The molecule has 0 spiro atoms. The van der Waals surface area contributed by atoms with Gasteiger partial charge in [0.1, 0.15) is 0 Å². The van der Waals surface area contributed by atoms with E-state index in [2.05, 4.69) is 0 Å². The molecular weight excluding hydrogens is 230 g/mol. The molecule has 1 aromatic heterocycles. The Hall–Kier alpha value is -1.14. The summed E-state index contributed by atoms with van der Waals surface area (Å²) in [5.41, 5.74) is 4.79. The van der Waals surface area contributed by atoms with Crippen LogP contribution in [0.15, 0.2) is 22.8 Å². The molecule has 0 aromatic carbocycles. The molecule has 0 radical (unpaired) electrons. The number of alkyl halides is 2. The highest BCUT2D eigenvalue weighted by Gasteiger charge is 2.27. The van der Waals surface area contributed by atoms with Crippen LogP contribution in [0, 0.1) is 0 Å². The maximum atomic E-state index is 12.6. The van der Waals surface area contributed by atoms with E-state index in [9.17, 15) is 13.6 Å². The summed E-state index contributed by atoms with van der Waals surface area (Å²) in [5, 5.41) is 2.01. The number of hydrogen-bond acceptors (Lipinski definition) is 3. The Balaban J connectivity index is 0.00000196. The van der Waals surface area contributed by atoms with Gasteiger partial charge in [-0.05, 0) is 12.1 Å². The fourth-order valence-electron chi connectivity index (χ4n) is 0.777. The van der Waals surface area contributed by atoms with E-state index >= 15 is 0 Å². The molecule has 1 aromatic rings. The number of rotatable bonds is 4. The zero-order chi connectivity index (χ0) is 10.6. The number of amides is 1. The van der Waals surface area contributed by atoms with E-state index in [0.29, 0.717) is 0 Å². The topological polar surface area (TPSA) is 68.3 Å². The van der Waals surface area contributed by atoms with E-state index in [4.69, 9.17) is 10.2 Å². The minimum Gasteiger partial charge on any atom is -0.459 e. The van der Waals surface area contributed by atoms with Gasteiger partial charge in [-0.25, -0.2) is 8.78 Å². The van der Waals surface area contributed by atoms with E-state index in [1.54, 1.807) is 0 Å². The van der Waals surface area contributed by atoms with Gasteiger partial charge in [-0.3, -0.25) is 4.79 Å². The van der Waals surface area contributed by atoms with E-state index in [0.717, 1.165) is 0 Å². The largest absolute Gasteiger partial charge is 0.459 e. The molecule has 0 unspecified atom stereocenters. The molecule has 0 aliphatic rings. The monoisotopic (exact) mass is 240 g/mol. The Labute approximate surface area is 91.2 Å². The highest BCUT2D eigenvalue weighted by atomic mass is 35.5. The van der Waals surface area contributed by atoms with Gasteiger partial charge in [-0.2, -0.15) is 0 Å². The third kappa shape index (κ3) is 4.26. The van der Waals surface area contributed by atoms with E-state index < -0.39 is 24.9 Å². The maximum Gasteiger partial charge on any atom is 0.287 e. The molecule has 1 rings (SSSR count). The molecule has 0 saturated heterocycles. The normalized spacial score (nSPS) is 10.6. The Kier molecular flexibility index (Phi) is 5.24. The molecule has 0 fully saturated rings. The van der Waals surface area contributed by atoms with Gasteiger partial charge in [0.15, 0.2) is 5.76 Å². The lowest BCUT2D eigenvalue weighted by Gasteiger charge is -2.13. The third-order valence-corrected chi connectivity index (χ3v) is 1.55. The van der Waals surface area contributed by atoms with Crippen molar-refractivity contribution in [2.24, 2.45) is 5.73 Å². The highest BCUT2D eigenvalue weighted by molar-refractivity contribution is 5.91. The van der Waals surface area contributed by atoms with Crippen LogP contribution in [0.2, 0.25) is 0 Å². The van der Waals surface area contributed by atoms with Gasteiger partial charge in [0, 0.05) is 0 Å². The summed E-state index contributed by atoms with van der Waals surface area (Å²) < 4.78 is 29.9. The number of nitrogens with two attached hydrogens (primary N) is 1. The quantitative estimate of drug-likeness (QED) is 0.826. The van der Waals surface area contributed by atoms with Gasteiger partial charge in [-0.1, -0.05) is 0 Å². The summed E-state index contributed by atoms with van der Waals surface area (Å²) >= 11 is 0. The van der Waals surface area contributed by atoms with Gasteiger partial charge < -0.3 is 15.5 Å². The number of carbonyl (C=O) groups is 1. The molecule has 0 atom stereocenters. The zero-order valence-corrected chi connectivity index (χ0v) is 8.52. The maximum absolute atomic E-state index is 12.6. The minimum atomic E-state index is -3.08. The van der Waals surface area contributed by atoms with Crippen LogP contribution in [0.4, 0.5) is 8.78 Å². The van der Waals surface area contributed by atoms with Gasteiger partial charge in [0.2, 0.25) is 0 Å². The molecule has 3 N–H and O–H groups in total. The van der Waals surface area contributed by atoms with Gasteiger partial charge in [0.25, 0.3) is 11.8 Å². The van der Waals surface area contributed by atoms with Crippen molar-refractivity contribution in [2.45, 2.75) is 5.92 Å². The molecule has 4 nitrogen and oxygen atoms in total. The number of nitrogens with one attached hydrogen (secondary N) is 1. The second kappa shape index (κ2) is 5.67. The summed E-state index contributed by atoms with van der Waals surface area (Å²) in [4.78, 5) is 11.1. The van der Waals surface area contributed by atoms with E-state index in [1.807, 2.05) is 5.32 Å². The predicted octanol–water partition coefficient (Wildman–Crippen LogP) is 1.03. The fraction of sp³-hybridized carbons (Fsp3) is 0.375. The molecule has 0 saturated carbocycles. The number of carbonyl (C=O) groups excluding carboxylic acids is 1. The van der Waals surface area contributed by atoms with Crippen molar-refractivity contribution in [1.29, 1.82) is 0 Å². The molecule has 1 amide bonds. The minimum absolute atomic E-state index is 0. The van der Waals surface area contributed by atoms with Crippen LogP contribution in [-0.2, 0) is 0 Å². The van der Waals surface area contributed by atoms with Gasteiger partial charge in [-0.15, -0.1) is 12.4 Å². The SMILES string of the molecule is Cl.NCC(F)(F)CNC(=O)c1ccco1. The van der Waals surface area contributed by atoms with Gasteiger partial charge >= 0.3 is 0 Å². The molecule has 0 bridgehead atoms. The molecule has 1 heterocycles. The standard InChI is InChI=1S/C8H10F2N2O2.ClH/c9-8(10,4-11)5-12-7(13)6-2-1-3-14-6;/h1-3H,4-5,11H2,(H,12,13);1H. The summed E-state index contributed by atoms with van der Waals surface area (Å²) in [6.45, 7) is -1.59. The second-order valence-corrected chi connectivity index (χ2v) is 2.72. The van der Waals surface area contributed by atoms with Crippen molar-refractivity contribution in [3.05, 3.63) is 24.2 Å². The number of hydrogen-bond donors (Lipinski definition) is 2. The Morgan fingerprint density at radius 3 is 2.73 bits per heavy atom. The molecular formula is C8H11ClF2N2O2. The highest BCUT2D eigenvalue weighted by Crippen LogP contribution is 2.09. The van der Waals surface area contributed by atoms with Crippen molar-refractivity contribution < 1.29 is 18.0 Å². The van der Waals surface area contributed by atoms with Gasteiger partial charge in [0.05, 0.1) is 19.4 Å². The molecule has 0 aliphatic heterocycles. The summed E-state index contributed by atoms with van der Waals surface area (Å²) in [7, 11) is 0. The summed E-state index contributed by atoms with van der Waals surface area (Å²) in [6.07, 6.45) is 1.29. The lowest BCUT2D eigenvalue weighted by molar-refractivity contribution is 0.0116. The first-order chi connectivity index (χ1) is 6.55. The summed E-state index contributed by atoms with van der Waals surface area (Å²) in [6, 6.07) is 2.88. The van der Waals surface area contributed by atoms with Crippen LogP contribution < -0.4 is 11.1 Å². The van der Waals surface area contributed by atoms with Crippen LogP contribution in [-0.4, -0.2) is 24.9 Å². The van der Waals surface area contributed by atoms with Crippen LogP contribution in [0.3, 0.4) is 0 Å². The number of furan rings is 1. The third-order valence-electron chi connectivity index (χ3n) is 1.55. The predicted molar refractivity (Wildman–Crippen MR) is 52.3 cm³/mol. The van der Waals surface area contributed by atoms with Crippen LogP contribution in [0.1, 0.15) is 10.6 Å². The fourth-order valence-corrected chi connectivity index (χ4v) is 0.777.